The Morgan fingerprint density at radius 3 is 1.50 bits per heavy atom. The van der Waals surface area contributed by atoms with Crippen LogP contribution in [0.3, 0.4) is 0 Å². The van der Waals surface area contributed by atoms with Crippen molar-refractivity contribution in [1.29, 1.82) is 0 Å². The van der Waals surface area contributed by atoms with Crippen LogP contribution in [0.4, 0.5) is 0 Å². The first-order valence-corrected chi connectivity index (χ1v) is 8.83. The molecular weight excluding hydrogens is 211 g/mol. The summed E-state index contributed by atoms with van der Waals surface area (Å²) in [6.07, 6.45) is 13.5. The summed E-state index contributed by atoms with van der Waals surface area (Å²) < 4.78 is 0. The molecule has 86 valence electrons. The Morgan fingerprint density at radius 2 is 1.14 bits per heavy atom. The Morgan fingerprint density at radius 1 is 0.714 bits per heavy atom. The highest BCUT2D eigenvalue weighted by Gasteiger charge is 2.02. The third-order valence-electron chi connectivity index (χ3n) is 2.51. The lowest BCUT2D eigenvalue weighted by Gasteiger charge is -2.08. The predicted octanol–water partition coefficient (Wildman–Crippen LogP) is 5.78. The second-order valence-electron chi connectivity index (χ2n) is 4.03. The monoisotopic (exact) mass is 236 g/mol. The van der Waals surface area contributed by atoms with Crippen molar-refractivity contribution in [2.75, 3.05) is 12.3 Å². The smallest absolute Gasteiger partial charge is 0.00973 e. The first-order chi connectivity index (χ1) is 6.81. The van der Waals surface area contributed by atoms with Crippen LogP contribution in [-0.2, 0) is 0 Å². The van der Waals surface area contributed by atoms with E-state index in [2.05, 4.69) is 13.8 Å². The van der Waals surface area contributed by atoms with Crippen molar-refractivity contribution in [3.8, 4) is 0 Å². The van der Waals surface area contributed by atoms with Gasteiger partial charge in [-0.2, -0.15) is 0 Å². The molecule has 0 saturated heterocycles. The zero-order chi connectivity index (χ0) is 10.6. The number of hydrogen-bond donors (Lipinski definition) is 0. The van der Waals surface area contributed by atoms with E-state index in [0.717, 1.165) is 0 Å². The molecule has 0 nitrogen and oxygen atoms in total. The SMILES string of the molecule is CCCCCCP(Cl)CCCCCC. The fraction of sp³-hybridized carbons (Fsp3) is 1.00. The number of hydrogen-bond acceptors (Lipinski definition) is 0. The van der Waals surface area contributed by atoms with Gasteiger partial charge in [-0.1, -0.05) is 63.6 Å². The highest BCUT2D eigenvalue weighted by Crippen LogP contribution is 2.43. The Hall–Kier alpha value is 0.720. The third-order valence-corrected chi connectivity index (χ3v) is 5.13. The summed E-state index contributed by atoms with van der Waals surface area (Å²) in [4.78, 5) is 0. The zero-order valence-electron chi connectivity index (χ0n) is 9.90. The molecule has 14 heavy (non-hydrogen) atoms. The first kappa shape index (κ1) is 14.7. The van der Waals surface area contributed by atoms with E-state index >= 15 is 0 Å². The third kappa shape index (κ3) is 10.8. The van der Waals surface area contributed by atoms with Gasteiger partial charge >= 0.3 is 0 Å². The maximum absolute atomic E-state index is 6.30. The van der Waals surface area contributed by atoms with Gasteiger partial charge in [0, 0.05) is 0 Å². The van der Waals surface area contributed by atoms with E-state index in [-0.39, 0.29) is 7.27 Å². The van der Waals surface area contributed by atoms with E-state index in [9.17, 15) is 0 Å². The fourth-order valence-electron chi connectivity index (χ4n) is 1.53. The standard InChI is InChI=1S/C12H26ClP/c1-3-5-7-9-11-14(13)12-10-8-6-4-2/h3-12H2,1-2H3. The average Bonchev–Trinajstić information content (AvgIpc) is 2.19. The minimum absolute atomic E-state index is 0.142. The zero-order valence-corrected chi connectivity index (χ0v) is 11.5. The van der Waals surface area contributed by atoms with Crippen LogP contribution in [0.1, 0.15) is 65.2 Å². The summed E-state index contributed by atoms with van der Waals surface area (Å²) in [7, 11) is -0.142. The number of halogens is 1. The van der Waals surface area contributed by atoms with Gasteiger partial charge in [-0.05, 0) is 32.4 Å². The van der Waals surface area contributed by atoms with Gasteiger partial charge in [-0.3, -0.25) is 0 Å². The molecule has 0 aliphatic heterocycles. The van der Waals surface area contributed by atoms with Crippen molar-refractivity contribution < 1.29 is 0 Å². The molecule has 0 atom stereocenters. The van der Waals surface area contributed by atoms with E-state index in [1.54, 1.807) is 0 Å². The molecule has 0 amide bonds. The molecule has 0 aromatic heterocycles. The Balaban J connectivity index is 3.07. The molecule has 0 spiro atoms. The van der Waals surface area contributed by atoms with Crippen LogP contribution in [0.2, 0.25) is 0 Å². The Kier molecular flexibility index (Phi) is 12.4. The van der Waals surface area contributed by atoms with Gasteiger partial charge in [-0.25, -0.2) is 0 Å². The normalized spacial score (nSPS) is 11.1. The van der Waals surface area contributed by atoms with E-state index in [4.69, 9.17) is 11.2 Å². The van der Waals surface area contributed by atoms with Crippen molar-refractivity contribution in [1.82, 2.24) is 0 Å². The Bertz CT molecular complexity index is 94.5. The lowest BCUT2D eigenvalue weighted by atomic mass is 10.2. The highest BCUT2D eigenvalue weighted by atomic mass is 35.7. The van der Waals surface area contributed by atoms with Crippen LogP contribution >= 0.6 is 18.5 Å². The van der Waals surface area contributed by atoms with Gasteiger partial charge in [-0.15, -0.1) is 0 Å². The van der Waals surface area contributed by atoms with Gasteiger partial charge in [0.1, 0.15) is 0 Å². The molecule has 0 aliphatic rings. The quantitative estimate of drug-likeness (QED) is 0.333. The Labute approximate surface area is 96.3 Å². The summed E-state index contributed by atoms with van der Waals surface area (Å²) in [6.45, 7) is 4.52. The molecule has 2 heteroatoms. The minimum Gasteiger partial charge on any atom is -0.0964 e. The molecule has 0 radical (unpaired) electrons. The van der Waals surface area contributed by atoms with Crippen LogP contribution in [-0.4, -0.2) is 12.3 Å². The summed E-state index contributed by atoms with van der Waals surface area (Å²) in [5.41, 5.74) is 0. The molecule has 0 rings (SSSR count). The summed E-state index contributed by atoms with van der Waals surface area (Å²) in [5, 5.41) is 0. The van der Waals surface area contributed by atoms with Crippen LogP contribution in [0.25, 0.3) is 0 Å². The van der Waals surface area contributed by atoms with Crippen LogP contribution in [0.15, 0.2) is 0 Å². The van der Waals surface area contributed by atoms with Crippen molar-refractivity contribution in [3.63, 3.8) is 0 Å². The number of rotatable bonds is 10. The predicted molar refractivity (Wildman–Crippen MR) is 70.8 cm³/mol. The van der Waals surface area contributed by atoms with Crippen LogP contribution in [0, 0.1) is 0 Å². The average molecular weight is 237 g/mol. The molecule has 0 bridgehead atoms. The summed E-state index contributed by atoms with van der Waals surface area (Å²) in [5.74, 6) is 0. The van der Waals surface area contributed by atoms with Crippen molar-refractivity contribution in [2.45, 2.75) is 65.2 Å². The van der Waals surface area contributed by atoms with Gasteiger partial charge in [0.25, 0.3) is 0 Å². The highest BCUT2D eigenvalue weighted by molar-refractivity contribution is 7.83. The van der Waals surface area contributed by atoms with Crippen LogP contribution in [0.5, 0.6) is 0 Å². The molecule has 0 fully saturated rings. The molecule has 0 N–H and O–H groups in total. The minimum atomic E-state index is -0.142. The molecule has 0 heterocycles. The van der Waals surface area contributed by atoms with Crippen LogP contribution < -0.4 is 0 Å². The van der Waals surface area contributed by atoms with Crippen molar-refractivity contribution >= 4 is 18.5 Å². The van der Waals surface area contributed by atoms with Gasteiger partial charge in [0.15, 0.2) is 0 Å². The molecule has 0 aromatic rings. The largest absolute Gasteiger partial charge is 0.0964 e. The topological polar surface area (TPSA) is 0 Å². The maximum Gasteiger partial charge on any atom is -0.00973 e. The molecule has 0 aliphatic carbocycles. The lowest BCUT2D eigenvalue weighted by Crippen LogP contribution is -1.87. The maximum atomic E-state index is 6.30. The molecule has 0 saturated carbocycles. The van der Waals surface area contributed by atoms with E-state index in [1.165, 1.54) is 63.7 Å². The van der Waals surface area contributed by atoms with Gasteiger partial charge < -0.3 is 0 Å². The second kappa shape index (κ2) is 11.8. The molecule has 0 unspecified atom stereocenters. The van der Waals surface area contributed by atoms with Gasteiger partial charge in [0.05, 0.1) is 0 Å². The van der Waals surface area contributed by atoms with Crippen molar-refractivity contribution in [3.05, 3.63) is 0 Å². The number of unbranched alkanes of at least 4 members (excludes halogenated alkanes) is 6. The van der Waals surface area contributed by atoms with Gasteiger partial charge in [0.2, 0.25) is 0 Å². The summed E-state index contributed by atoms with van der Waals surface area (Å²) in [6, 6.07) is 0. The van der Waals surface area contributed by atoms with E-state index in [1.807, 2.05) is 0 Å². The summed E-state index contributed by atoms with van der Waals surface area (Å²) >= 11 is 6.30. The van der Waals surface area contributed by atoms with E-state index in [0.29, 0.717) is 0 Å². The lowest BCUT2D eigenvalue weighted by molar-refractivity contribution is 0.697. The van der Waals surface area contributed by atoms with E-state index < -0.39 is 0 Å². The second-order valence-corrected chi connectivity index (χ2v) is 7.29. The molecular formula is C12H26ClP. The van der Waals surface area contributed by atoms with Crippen molar-refractivity contribution in [2.24, 2.45) is 0 Å². The molecule has 0 aromatic carbocycles. The fourth-order valence-corrected chi connectivity index (χ4v) is 3.61. The first-order valence-electron chi connectivity index (χ1n) is 6.22.